The molecular weight excluding hydrogens is 190 g/mol. The van der Waals surface area contributed by atoms with Gasteiger partial charge in [-0.05, 0) is 30.6 Å². The van der Waals surface area contributed by atoms with E-state index in [-0.39, 0.29) is 12.0 Å². The number of carbonyl (C=O) groups is 1. The summed E-state index contributed by atoms with van der Waals surface area (Å²) in [6.45, 7) is 6.79. The fourth-order valence-corrected chi connectivity index (χ4v) is 3.33. The Labute approximate surface area is 90.6 Å². The number of nitrogens with zero attached hydrogens (tertiary/aromatic N) is 1. The van der Waals surface area contributed by atoms with Gasteiger partial charge in [-0.15, -0.1) is 0 Å². The largest absolute Gasteiger partial charge is 0.480 e. The molecule has 2 fully saturated rings. The van der Waals surface area contributed by atoms with Crippen LogP contribution in [0, 0.1) is 16.7 Å². The Bertz CT molecular complexity index is 333. The SMILES string of the molecule is CC12CCC(CC1=NCC(=O)O)C2(C)C. The second kappa shape index (κ2) is 3.06. The van der Waals surface area contributed by atoms with E-state index in [0.717, 1.165) is 12.1 Å². The Balaban J connectivity index is 2.26. The van der Waals surface area contributed by atoms with E-state index in [4.69, 9.17) is 5.11 Å². The summed E-state index contributed by atoms with van der Waals surface area (Å²) in [4.78, 5) is 14.8. The average molecular weight is 209 g/mol. The summed E-state index contributed by atoms with van der Waals surface area (Å²) in [6, 6.07) is 0. The van der Waals surface area contributed by atoms with Crippen LogP contribution >= 0.6 is 0 Å². The molecule has 2 unspecified atom stereocenters. The lowest BCUT2D eigenvalue weighted by atomic mass is 9.70. The molecule has 2 aliphatic carbocycles. The average Bonchev–Trinajstić information content (AvgIpc) is 2.46. The maximum Gasteiger partial charge on any atom is 0.325 e. The Kier molecular flexibility index (Phi) is 2.18. The summed E-state index contributed by atoms with van der Waals surface area (Å²) in [5, 5.41) is 8.65. The first kappa shape index (κ1) is 10.7. The van der Waals surface area contributed by atoms with Crippen LogP contribution in [0.15, 0.2) is 4.99 Å². The van der Waals surface area contributed by atoms with Gasteiger partial charge < -0.3 is 5.11 Å². The van der Waals surface area contributed by atoms with Crippen molar-refractivity contribution < 1.29 is 9.90 Å². The molecule has 0 radical (unpaired) electrons. The highest BCUT2D eigenvalue weighted by atomic mass is 16.4. The standard InChI is InChI=1S/C12H19NO2/c1-11(2)8-4-5-12(11,3)9(6-8)13-7-10(14)15/h8H,4-7H2,1-3H3,(H,14,15). The van der Waals surface area contributed by atoms with Crippen molar-refractivity contribution in [3.05, 3.63) is 0 Å². The second-order valence-electron chi connectivity index (χ2n) is 5.65. The van der Waals surface area contributed by atoms with Crippen LogP contribution in [0.5, 0.6) is 0 Å². The number of aliphatic carboxylic acids is 1. The maximum absolute atomic E-state index is 10.5. The van der Waals surface area contributed by atoms with Gasteiger partial charge in [-0.2, -0.15) is 0 Å². The molecule has 0 amide bonds. The Hall–Kier alpha value is -0.860. The van der Waals surface area contributed by atoms with Gasteiger partial charge in [0, 0.05) is 11.1 Å². The molecule has 2 bridgehead atoms. The minimum atomic E-state index is -0.827. The van der Waals surface area contributed by atoms with Crippen LogP contribution in [-0.2, 0) is 4.79 Å². The lowest BCUT2D eigenvalue weighted by Gasteiger charge is -2.34. The van der Waals surface area contributed by atoms with Gasteiger partial charge in [0.2, 0.25) is 0 Å². The lowest BCUT2D eigenvalue weighted by molar-refractivity contribution is -0.135. The Morgan fingerprint density at radius 1 is 1.53 bits per heavy atom. The molecule has 0 spiro atoms. The van der Waals surface area contributed by atoms with E-state index in [2.05, 4.69) is 25.8 Å². The molecule has 15 heavy (non-hydrogen) atoms. The Morgan fingerprint density at radius 2 is 2.20 bits per heavy atom. The number of rotatable bonds is 2. The van der Waals surface area contributed by atoms with E-state index >= 15 is 0 Å². The minimum Gasteiger partial charge on any atom is -0.480 e. The highest BCUT2D eigenvalue weighted by Crippen LogP contribution is 2.63. The number of hydrogen-bond acceptors (Lipinski definition) is 2. The fraction of sp³-hybridized carbons (Fsp3) is 0.833. The van der Waals surface area contributed by atoms with Crippen LogP contribution in [0.1, 0.15) is 40.0 Å². The summed E-state index contributed by atoms with van der Waals surface area (Å²) in [5.41, 5.74) is 1.59. The number of hydrogen-bond donors (Lipinski definition) is 1. The highest BCUT2D eigenvalue weighted by molar-refractivity contribution is 5.95. The smallest absolute Gasteiger partial charge is 0.325 e. The molecule has 2 atom stereocenters. The van der Waals surface area contributed by atoms with E-state index < -0.39 is 5.97 Å². The zero-order valence-electron chi connectivity index (χ0n) is 9.71. The summed E-state index contributed by atoms with van der Waals surface area (Å²) < 4.78 is 0. The fourth-order valence-electron chi connectivity index (χ4n) is 3.33. The van der Waals surface area contributed by atoms with Crippen LogP contribution in [0.25, 0.3) is 0 Å². The zero-order chi connectivity index (χ0) is 11.3. The van der Waals surface area contributed by atoms with Gasteiger partial charge in [0.1, 0.15) is 6.54 Å². The normalized spacial score (nSPS) is 39.9. The van der Waals surface area contributed by atoms with Crippen LogP contribution in [-0.4, -0.2) is 23.3 Å². The molecule has 0 aromatic heterocycles. The van der Waals surface area contributed by atoms with Crippen molar-refractivity contribution in [3.63, 3.8) is 0 Å². The monoisotopic (exact) mass is 209 g/mol. The minimum absolute atomic E-state index is 0.0618. The third-order valence-corrected chi connectivity index (χ3v) is 4.92. The molecule has 0 aromatic rings. The summed E-state index contributed by atoms with van der Waals surface area (Å²) in [7, 11) is 0. The zero-order valence-corrected chi connectivity index (χ0v) is 9.71. The third-order valence-electron chi connectivity index (χ3n) is 4.92. The quantitative estimate of drug-likeness (QED) is 0.759. The molecular formula is C12H19NO2. The first-order valence-electron chi connectivity index (χ1n) is 5.63. The van der Waals surface area contributed by atoms with Crippen molar-refractivity contribution in [1.29, 1.82) is 0 Å². The molecule has 2 aliphatic rings. The van der Waals surface area contributed by atoms with Crippen LogP contribution in [0.3, 0.4) is 0 Å². The number of carboxylic acids is 1. The van der Waals surface area contributed by atoms with Crippen molar-refractivity contribution in [3.8, 4) is 0 Å². The van der Waals surface area contributed by atoms with Gasteiger partial charge in [0.15, 0.2) is 0 Å². The molecule has 0 aliphatic heterocycles. The van der Waals surface area contributed by atoms with Gasteiger partial charge in [-0.3, -0.25) is 9.79 Å². The third kappa shape index (κ3) is 1.32. The van der Waals surface area contributed by atoms with Gasteiger partial charge in [-0.25, -0.2) is 0 Å². The predicted octanol–water partition coefficient (Wildman–Crippen LogP) is 2.36. The van der Waals surface area contributed by atoms with Gasteiger partial charge in [0.05, 0.1) is 0 Å². The highest BCUT2D eigenvalue weighted by Gasteiger charge is 2.59. The second-order valence-corrected chi connectivity index (χ2v) is 5.65. The van der Waals surface area contributed by atoms with Gasteiger partial charge >= 0.3 is 5.97 Å². The topological polar surface area (TPSA) is 49.7 Å². The molecule has 2 saturated carbocycles. The first-order valence-corrected chi connectivity index (χ1v) is 5.63. The van der Waals surface area contributed by atoms with E-state index in [1.54, 1.807) is 0 Å². The van der Waals surface area contributed by atoms with Crippen LogP contribution in [0.4, 0.5) is 0 Å². The molecule has 84 valence electrons. The van der Waals surface area contributed by atoms with Crippen LogP contribution in [0.2, 0.25) is 0 Å². The predicted molar refractivity (Wildman–Crippen MR) is 59.2 cm³/mol. The number of aliphatic imine (C=N–C) groups is 1. The summed E-state index contributed by atoms with van der Waals surface area (Å²) >= 11 is 0. The van der Waals surface area contributed by atoms with Crippen molar-refractivity contribution in [2.75, 3.05) is 6.54 Å². The molecule has 1 N–H and O–H groups in total. The lowest BCUT2D eigenvalue weighted by Crippen LogP contribution is -2.32. The molecule has 3 heteroatoms. The number of fused-ring (bicyclic) bond motifs is 2. The van der Waals surface area contributed by atoms with E-state index in [0.29, 0.717) is 11.3 Å². The Morgan fingerprint density at radius 3 is 2.60 bits per heavy atom. The first-order chi connectivity index (χ1) is 6.88. The van der Waals surface area contributed by atoms with Crippen molar-refractivity contribution in [2.24, 2.45) is 21.7 Å². The molecule has 3 nitrogen and oxygen atoms in total. The van der Waals surface area contributed by atoms with E-state index in [1.165, 1.54) is 12.8 Å². The maximum atomic E-state index is 10.5. The summed E-state index contributed by atoms with van der Waals surface area (Å²) in [5.74, 6) is -0.123. The van der Waals surface area contributed by atoms with E-state index in [1.807, 2.05) is 0 Å². The molecule has 0 heterocycles. The molecule has 0 saturated heterocycles. The van der Waals surface area contributed by atoms with E-state index in [9.17, 15) is 4.79 Å². The van der Waals surface area contributed by atoms with Gasteiger partial charge in [-0.1, -0.05) is 20.8 Å². The molecule has 2 rings (SSSR count). The molecule has 0 aromatic carbocycles. The summed E-state index contributed by atoms with van der Waals surface area (Å²) in [6.07, 6.45) is 3.45. The number of carboxylic acid groups (broad SMARTS) is 1. The van der Waals surface area contributed by atoms with Gasteiger partial charge in [0.25, 0.3) is 0 Å². The van der Waals surface area contributed by atoms with Crippen molar-refractivity contribution in [1.82, 2.24) is 0 Å². The van der Waals surface area contributed by atoms with Crippen molar-refractivity contribution >= 4 is 11.7 Å². The van der Waals surface area contributed by atoms with Crippen molar-refractivity contribution in [2.45, 2.75) is 40.0 Å². The van der Waals surface area contributed by atoms with Crippen LogP contribution < -0.4 is 0 Å².